The first-order valence-corrected chi connectivity index (χ1v) is 7.02. The van der Waals surface area contributed by atoms with Gasteiger partial charge in [-0.25, -0.2) is 0 Å². The summed E-state index contributed by atoms with van der Waals surface area (Å²) >= 11 is 0. The van der Waals surface area contributed by atoms with Gasteiger partial charge in [0.25, 0.3) is 0 Å². The highest BCUT2D eigenvalue weighted by Crippen LogP contribution is 2.13. The second kappa shape index (κ2) is 7.83. The molecule has 1 heterocycles. The van der Waals surface area contributed by atoms with Crippen molar-refractivity contribution < 1.29 is 4.74 Å². The van der Waals surface area contributed by atoms with Crippen LogP contribution in [-0.4, -0.2) is 37.7 Å². The Balaban J connectivity index is 1.72. The molecule has 2 N–H and O–H groups in total. The molecule has 1 fully saturated rings. The Morgan fingerprint density at radius 2 is 2.11 bits per heavy atom. The molecule has 0 atom stereocenters. The van der Waals surface area contributed by atoms with E-state index >= 15 is 0 Å². The van der Waals surface area contributed by atoms with Gasteiger partial charge in [-0.3, -0.25) is 0 Å². The highest BCUT2D eigenvalue weighted by atomic mass is 16.5. The Kier molecular flexibility index (Phi) is 5.74. The number of hydrogen-bond donors (Lipinski definition) is 1. The fourth-order valence-electron chi connectivity index (χ4n) is 2.30. The van der Waals surface area contributed by atoms with E-state index in [1.807, 2.05) is 24.3 Å². The topological polar surface area (TPSA) is 38.5 Å². The number of ether oxygens (including phenoxy) is 1. The zero-order valence-corrected chi connectivity index (χ0v) is 11.4. The second-order valence-corrected chi connectivity index (χ2v) is 4.78. The standard InChI is InChI=1S/C16H22N2O/c17-9-4-7-15-6-3-8-16(14-15)19-13-5-12-18-10-1-2-11-18/h3,6,8,14H,1-2,5,9-13,17H2. The van der Waals surface area contributed by atoms with Crippen LogP contribution >= 0.6 is 0 Å². The van der Waals surface area contributed by atoms with Crippen LogP contribution in [0.5, 0.6) is 5.75 Å². The molecule has 3 nitrogen and oxygen atoms in total. The van der Waals surface area contributed by atoms with E-state index in [9.17, 15) is 0 Å². The Bertz CT molecular complexity index is 442. The number of nitrogens with two attached hydrogens (primary N) is 1. The van der Waals surface area contributed by atoms with Gasteiger partial charge in [-0.05, 0) is 50.6 Å². The molecule has 1 aromatic rings. The Hall–Kier alpha value is -1.50. The van der Waals surface area contributed by atoms with Crippen molar-refractivity contribution in [3.63, 3.8) is 0 Å². The molecular weight excluding hydrogens is 236 g/mol. The molecule has 1 aliphatic rings. The van der Waals surface area contributed by atoms with Gasteiger partial charge in [0.2, 0.25) is 0 Å². The zero-order valence-electron chi connectivity index (χ0n) is 11.4. The van der Waals surface area contributed by atoms with Crippen molar-refractivity contribution in [2.24, 2.45) is 5.73 Å². The van der Waals surface area contributed by atoms with Gasteiger partial charge >= 0.3 is 0 Å². The lowest BCUT2D eigenvalue weighted by molar-refractivity contribution is 0.263. The van der Waals surface area contributed by atoms with Crippen LogP contribution in [0.25, 0.3) is 0 Å². The fourth-order valence-corrected chi connectivity index (χ4v) is 2.30. The number of hydrogen-bond acceptors (Lipinski definition) is 3. The number of likely N-dealkylation sites (tertiary alicyclic amines) is 1. The monoisotopic (exact) mass is 258 g/mol. The summed E-state index contributed by atoms with van der Waals surface area (Å²) in [4.78, 5) is 2.51. The normalized spacial score (nSPS) is 15.0. The highest BCUT2D eigenvalue weighted by Gasteiger charge is 2.10. The molecule has 1 aliphatic heterocycles. The Morgan fingerprint density at radius 1 is 1.26 bits per heavy atom. The predicted molar refractivity (Wildman–Crippen MR) is 78.2 cm³/mol. The van der Waals surface area contributed by atoms with Gasteiger partial charge in [-0.1, -0.05) is 17.9 Å². The molecule has 19 heavy (non-hydrogen) atoms. The minimum atomic E-state index is 0.390. The fraction of sp³-hybridized carbons (Fsp3) is 0.500. The summed E-state index contributed by atoms with van der Waals surface area (Å²) < 4.78 is 5.76. The van der Waals surface area contributed by atoms with Crippen molar-refractivity contribution in [2.75, 3.05) is 32.8 Å². The van der Waals surface area contributed by atoms with Crippen molar-refractivity contribution in [3.8, 4) is 17.6 Å². The van der Waals surface area contributed by atoms with Crippen LogP contribution in [0.2, 0.25) is 0 Å². The molecule has 0 amide bonds. The first kappa shape index (κ1) is 13.9. The predicted octanol–water partition coefficient (Wildman–Crippen LogP) is 1.86. The van der Waals surface area contributed by atoms with Gasteiger partial charge in [-0.15, -0.1) is 0 Å². The van der Waals surface area contributed by atoms with Crippen LogP contribution < -0.4 is 10.5 Å². The maximum atomic E-state index is 5.76. The third-order valence-electron chi connectivity index (χ3n) is 3.25. The van der Waals surface area contributed by atoms with E-state index in [2.05, 4.69) is 16.7 Å². The van der Waals surface area contributed by atoms with E-state index in [1.54, 1.807) is 0 Å². The van der Waals surface area contributed by atoms with Crippen molar-refractivity contribution in [1.82, 2.24) is 4.90 Å². The van der Waals surface area contributed by atoms with Crippen LogP contribution in [0.1, 0.15) is 24.8 Å². The zero-order chi connectivity index (χ0) is 13.3. The second-order valence-electron chi connectivity index (χ2n) is 4.78. The largest absolute Gasteiger partial charge is 0.494 e. The molecule has 0 saturated carbocycles. The molecular formula is C16H22N2O. The minimum absolute atomic E-state index is 0.390. The van der Waals surface area contributed by atoms with E-state index in [4.69, 9.17) is 10.5 Å². The summed E-state index contributed by atoms with van der Waals surface area (Å²) in [6.07, 6.45) is 3.78. The Morgan fingerprint density at radius 3 is 2.89 bits per heavy atom. The lowest BCUT2D eigenvalue weighted by Crippen LogP contribution is -2.21. The smallest absolute Gasteiger partial charge is 0.120 e. The van der Waals surface area contributed by atoms with Gasteiger partial charge in [0.1, 0.15) is 5.75 Å². The SMILES string of the molecule is NCC#Cc1cccc(OCCCN2CCCC2)c1. The van der Waals surface area contributed by atoms with E-state index in [0.29, 0.717) is 6.54 Å². The van der Waals surface area contributed by atoms with E-state index in [1.165, 1.54) is 25.9 Å². The maximum absolute atomic E-state index is 5.76. The molecule has 1 aromatic carbocycles. The first-order chi connectivity index (χ1) is 9.38. The van der Waals surface area contributed by atoms with Crippen molar-refractivity contribution >= 4 is 0 Å². The lowest BCUT2D eigenvalue weighted by Gasteiger charge is -2.14. The summed E-state index contributed by atoms with van der Waals surface area (Å²) in [7, 11) is 0. The quantitative estimate of drug-likeness (QED) is 0.647. The molecule has 1 saturated heterocycles. The summed E-state index contributed by atoms with van der Waals surface area (Å²) in [5.41, 5.74) is 6.32. The average Bonchev–Trinajstić information content (AvgIpc) is 2.95. The van der Waals surface area contributed by atoms with Gasteiger partial charge in [0.05, 0.1) is 13.2 Å². The third-order valence-corrected chi connectivity index (χ3v) is 3.25. The molecule has 102 valence electrons. The molecule has 0 spiro atoms. The van der Waals surface area contributed by atoms with Gasteiger partial charge < -0.3 is 15.4 Å². The third kappa shape index (κ3) is 4.94. The van der Waals surface area contributed by atoms with E-state index < -0.39 is 0 Å². The molecule has 0 aliphatic carbocycles. The van der Waals surface area contributed by atoms with E-state index in [0.717, 1.165) is 30.9 Å². The van der Waals surface area contributed by atoms with Gasteiger partial charge in [-0.2, -0.15) is 0 Å². The molecule has 0 unspecified atom stereocenters. The average molecular weight is 258 g/mol. The molecule has 2 rings (SSSR count). The molecule has 0 aromatic heterocycles. The Labute approximate surface area is 115 Å². The van der Waals surface area contributed by atoms with Crippen molar-refractivity contribution in [1.29, 1.82) is 0 Å². The van der Waals surface area contributed by atoms with Crippen LogP contribution in [-0.2, 0) is 0 Å². The van der Waals surface area contributed by atoms with Crippen LogP contribution in [0.15, 0.2) is 24.3 Å². The van der Waals surface area contributed by atoms with Crippen molar-refractivity contribution in [3.05, 3.63) is 29.8 Å². The van der Waals surface area contributed by atoms with E-state index in [-0.39, 0.29) is 0 Å². The number of benzene rings is 1. The summed E-state index contributed by atoms with van der Waals surface area (Å²) in [6.45, 7) is 4.81. The van der Waals surface area contributed by atoms with Crippen LogP contribution in [0, 0.1) is 11.8 Å². The summed E-state index contributed by atoms with van der Waals surface area (Å²) in [6, 6.07) is 7.89. The minimum Gasteiger partial charge on any atom is -0.494 e. The molecule has 0 bridgehead atoms. The highest BCUT2D eigenvalue weighted by molar-refractivity contribution is 5.39. The maximum Gasteiger partial charge on any atom is 0.120 e. The summed E-state index contributed by atoms with van der Waals surface area (Å²) in [5.74, 6) is 6.76. The number of nitrogens with zero attached hydrogens (tertiary/aromatic N) is 1. The van der Waals surface area contributed by atoms with Crippen molar-refractivity contribution in [2.45, 2.75) is 19.3 Å². The van der Waals surface area contributed by atoms with Crippen LogP contribution in [0.4, 0.5) is 0 Å². The van der Waals surface area contributed by atoms with Crippen LogP contribution in [0.3, 0.4) is 0 Å². The lowest BCUT2D eigenvalue weighted by atomic mass is 10.2. The molecule has 0 radical (unpaired) electrons. The van der Waals surface area contributed by atoms with Gasteiger partial charge in [0.15, 0.2) is 0 Å². The van der Waals surface area contributed by atoms with Gasteiger partial charge in [0, 0.05) is 12.1 Å². The number of rotatable bonds is 5. The summed E-state index contributed by atoms with van der Waals surface area (Å²) in [5, 5.41) is 0. The molecule has 3 heteroatoms. The first-order valence-electron chi connectivity index (χ1n) is 7.02.